The Morgan fingerprint density at radius 3 is 2.64 bits per heavy atom. The van der Waals surface area contributed by atoms with Crippen molar-refractivity contribution in [1.29, 1.82) is 0 Å². The number of aryl methyl sites for hydroxylation is 1. The van der Waals surface area contributed by atoms with E-state index in [0.717, 1.165) is 30.8 Å². The van der Waals surface area contributed by atoms with E-state index in [0.29, 0.717) is 18.0 Å². The van der Waals surface area contributed by atoms with Crippen LogP contribution in [-0.4, -0.2) is 54.8 Å². The lowest BCUT2D eigenvalue weighted by Gasteiger charge is -2.23. The average molecular weight is 343 g/mol. The summed E-state index contributed by atoms with van der Waals surface area (Å²) in [4.78, 5) is 13.0. The first-order valence-electron chi connectivity index (χ1n) is 7.03. The standard InChI is InChI=1S/C13H17N3O4S2/c1-10-12(16(17)18)8-13(21-10)22(19,20)15-7-4-11(9-15)14-5-2-3-6-14/h2-3,8,11H,4-7,9H2,1H3. The first-order chi connectivity index (χ1) is 10.4. The van der Waals surface area contributed by atoms with Gasteiger partial charge in [-0.25, -0.2) is 8.42 Å². The molecule has 0 saturated carbocycles. The van der Waals surface area contributed by atoms with Crippen LogP contribution in [0.5, 0.6) is 0 Å². The number of rotatable bonds is 4. The van der Waals surface area contributed by atoms with E-state index in [-0.39, 0.29) is 15.9 Å². The Balaban J connectivity index is 1.79. The van der Waals surface area contributed by atoms with Gasteiger partial charge in [-0.15, -0.1) is 11.3 Å². The lowest BCUT2D eigenvalue weighted by atomic mass is 10.2. The van der Waals surface area contributed by atoms with Crippen LogP contribution in [-0.2, 0) is 10.0 Å². The van der Waals surface area contributed by atoms with Crippen molar-refractivity contribution < 1.29 is 13.3 Å². The third kappa shape index (κ3) is 2.69. The fraction of sp³-hybridized carbons (Fsp3) is 0.538. The summed E-state index contributed by atoms with van der Waals surface area (Å²) in [7, 11) is -3.64. The minimum absolute atomic E-state index is 0.0666. The molecule has 0 aromatic carbocycles. The lowest BCUT2D eigenvalue weighted by Crippen LogP contribution is -2.37. The second kappa shape index (κ2) is 5.73. The number of nitrogens with zero attached hydrogens (tertiary/aromatic N) is 3. The van der Waals surface area contributed by atoms with Crippen LogP contribution in [0.1, 0.15) is 11.3 Å². The molecular formula is C13H17N3O4S2. The van der Waals surface area contributed by atoms with E-state index in [1.807, 2.05) is 0 Å². The number of hydrogen-bond acceptors (Lipinski definition) is 6. The van der Waals surface area contributed by atoms with Crippen molar-refractivity contribution >= 4 is 27.0 Å². The summed E-state index contributed by atoms with van der Waals surface area (Å²) in [5, 5.41) is 10.9. The van der Waals surface area contributed by atoms with Gasteiger partial charge in [0.1, 0.15) is 4.21 Å². The van der Waals surface area contributed by atoms with E-state index < -0.39 is 14.9 Å². The zero-order valence-corrected chi connectivity index (χ0v) is 13.8. The number of hydrogen-bond donors (Lipinski definition) is 0. The maximum atomic E-state index is 12.7. The van der Waals surface area contributed by atoms with Crippen LogP contribution in [0.15, 0.2) is 22.4 Å². The van der Waals surface area contributed by atoms with Crippen molar-refractivity contribution in [2.24, 2.45) is 0 Å². The van der Waals surface area contributed by atoms with Crippen molar-refractivity contribution in [3.8, 4) is 0 Å². The topological polar surface area (TPSA) is 83.8 Å². The van der Waals surface area contributed by atoms with Crippen molar-refractivity contribution in [3.05, 3.63) is 33.2 Å². The summed E-state index contributed by atoms with van der Waals surface area (Å²) in [6, 6.07) is 1.40. The lowest BCUT2D eigenvalue weighted by molar-refractivity contribution is -0.385. The molecule has 0 spiro atoms. The van der Waals surface area contributed by atoms with Crippen molar-refractivity contribution in [2.75, 3.05) is 26.2 Å². The fourth-order valence-electron chi connectivity index (χ4n) is 2.90. The molecule has 0 amide bonds. The molecule has 3 heterocycles. The van der Waals surface area contributed by atoms with Crippen molar-refractivity contribution in [2.45, 2.75) is 23.6 Å². The van der Waals surface area contributed by atoms with Crippen LogP contribution in [0.4, 0.5) is 5.69 Å². The Kier molecular flexibility index (Phi) is 4.06. The summed E-state index contributed by atoms with van der Waals surface area (Å²) >= 11 is 0.973. The SMILES string of the molecule is Cc1sc(S(=O)(=O)N2CCC(N3CC=CC3)C2)cc1[N+](=O)[O-]. The van der Waals surface area contributed by atoms with Crippen LogP contribution in [0.25, 0.3) is 0 Å². The minimum Gasteiger partial charge on any atom is -0.292 e. The third-order valence-electron chi connectivity index (χ3n) is 4.15. The summed E-state index contributed by atoms with van der Waals surface area (Å²) in [6.45, 7) is 4.22. The highest BCUT2D eigenvalue weighted by Gasteiger charge is 2.37. The Labute approximate surface area is 133 Å². The van der Waals surface area contributed by atoms with Gasteiger partial charge in [0, 0.05) is 38.3 Å². The maximum Gasteiger partial charge on any atom is 0.284 e. The largest absolute Gasteiger partial charge is 0.292 e. The van der Waals surface area contributed by atoms with Gasteiger partial charge in [-0.05, 0) is 13.3 Å². The first-order valence-corrected chi connectivity index (χ1v) is 9.29. The Bertz CT molecular complexity index is 718. The molecule has 2 aliphatic rings. The van der Waals surface area contributed by atoms with Gasteiger partial charge < -0.3 is 0 Å². The van der Waals surface area contributed by atoms with Crippen LogP contribution >= 0.6 is 11.3 Å². The summed E-state index contributed by atoms with van der Waals surface area (Å²) in [5.41, 5.74) is -0.122. The molecule has 1 atom stereocenters. The molecule has 0 aliphatic carbocycles. The highest BCUT2D eigenvalue weighted by Crippen LogP contribution is 2.34. The van der Waals surface area contributed by atoms with Crippen LogP contribution in [0.3, 0.4) is 0 Å². The predicted molar refractivity (Wildman–Crippen MR) is 83.6 cm³/mol. The second-order valence-corrected chi connectivity index (χ2v) is 8.92. The van der Waals surface area contributed by atoms with E-state index in [2.05, 4.69) is 17.1 Å². The summed E-state index contributed by atoms with van der Waals surface area (Å²) in [5.74, 6) is 0. The van der Waals surface area contributed by atoms with Crippen LogP contribution in [0, 0.1) is 17.0 Å². The molecule has 22 heavy (non-hydrogen) atoms. The van der Waals surface area contributed by atoms with Crippen LogP contribution < -0.4 is 0 Å². The molecule has 1 unspecified atom stereocenters. The van der Waals surface area contributed by atoms with Gasteiger partial charge in [-0.3, -0.25) is 15.0 Å². The van der Waals surface area contributed by atoms with Crippen molar-refractivity contribution in [3.63, 3.8) is 0 Å². The van der Waals surface area contributed by atoms with Gasteiger partial charge in [0.25, 0.3) is 15.7 Å². The molecule has 0 bridgehead atoms. The molecule has 2 aliphatic heterocycles. The van der Waals surface area contributed by atoms with E-state index >= 15 is 0 Å². The molecule has 120 valence electrons. The monoisotopic (exact) mass is 343 g/mol. The second-order valence-electron chi connectivity index (χ2n) is 5.49. The highest BCUT2D eigenvalue weighted by molar-refractivity contribution is 7.91. The quantitative estimate of drug-likeness (QED) is 0.471. The van der Waals surface area contributed by atoms with E-state index in [1.54, 1.807) is 6.92 Å². The highest BCUT2D eigenvalue weighted by atomic mass is 32.2. The molecule has 1 saturated heterocycles. The molecular weight excluding hydrogens is 326 g/mol. The summed E-state index contributed by atoms with van der Waals surface area (Å²) < 4.78 is 26.8. The molecule has 9 heteroatoms. The Morgan fingerprint density at radius 1 is 1.36 bits per heavy atom. The van der Waals surface area contributed by atoms with Gasteiger partial charge in [0.05, 0.1) is 9.80 Å². The van der Waals surface area contributed by atoms with Gasteiger partial charge in [-0.2, -0.15) is 4.31 Å². The van der Waals surface area contributed by atoms with Crippen LogP contribution in [0.2, 0.25) is 0 Å². The van der Waals surface area contributed by atoms with Gasteiger partial charge in [0.2, 0.25) is 0 Å². The molecule has 3 rings (SSSR count). The molecule has 1 aromatic heterocycles. The van der Waals surface area contributed by atoms with Gasteiger partial charge in [0.15, 0.2) is 0 Å². The molecule has 0 radical (unpaired) electrons. The first kappa shape index (κ1) is 15.6. The third-order valence-corrected chi connectivity index (χ3v) is 7.50. The van der Waals surface area contributed by atoms with Gasteiger partial charge in [-0.1, -0.05) is 12.2 Å². The fourth-order valence-corrected chi connectivity index (χ4v) is 5.95. The van der Waals surface area contributed by atoms with E-state index in [4.69, 9.17) is 0 Å². The average Bonchev–Trinajstić information content (AvgIpc) is 3.18. The molecule has 0 N–H and O–H groups in total. The van der Waals surface area contributed by atoms with Gasteiger partial charge >= 0.3 is 0 Å². The number of thiophene rings is 1. The number of sulfonamides is 1. The van der Waals surface area contributed by atoms with E-state index in [9.17, 15) is 18.5 Å². The minimum atomic E-state index is -3.64. The van der Waals surface area contributed by atoms with E-state index in [1.165, 1.54) is 10.4 Å². The normalized spacial score (nSPS) is 23.4. The number of nitro groups is 1. The molecule has 7 nitrogen and oxygen atoms in total. The molecule has 1 fully saturated rings. The summed E-state index contributed by atoms with van der Waals surface area (Å²) in [6.07, 6.45) is 4.97. The zero-order chi connectivity index (χ0) is 15.9. The maximum absolute atomic E-state index is 12.7. The zero-order valence-electron chi connectivity index (χ0n) is 12.1. The van der Waals surface area contributed by atoms with Crippen molar-refractivity contribution in [1.82, 2.24) is 9.21 Å². The Hall–Kier alpha value is -1.29. The smallest absolute Gasteiger partial charge is 0.284 e. The predicted octanol–water partition coefficient (Wildman–Crippen LogP) is 1.60. The Morgan fingerprint density at radius 2 is 2.05 bits per heavy atom. The molecule has 1 aromatic rings.